The van der Waals surface area contributed by atoms with Gasteiger partial charge in [-0.05, 0) is 73.7 Å². The Hall–Kier alpha value is -1.32. The first-order valence-electron chi connectivity index (χ1n) is 8.69. The molecule has 0 saturated carbocycles. The third kappa shape index (κ3) is 2.25. The molecule has 6 rings (SSSR count). The molecule has 0 amide bonds. The van der Waals surface area contributed by atoms with Gasteiger partial charge in [-0.15, -0.1) is 12.4 Å². The Morgan fingerprint density at radius 3 is 2.57 bits per heavy atom. The van der Waals surface area contributed by atoms with Crippen LogP contribution in [0.4, 0.5) is 0 Å². The quantitative estimate of drug-likeness (QED) is 0.802. The molecule has 4 heteroatoms. The average molecular weight is 331 g/mol. The fourth-order valence-corrected chi connectivity index (χ4v) is 4.95. The Bertz CT molecular complexity index is 805. The topological polar surface area (TPSA) is 25.2 Å². The SMILES string of the molecule is Cl.O=c1c2cccc3c2c(cn1[C@@H]1CN2CCC1CC2)CCC3. The first kappa shape index (κ1) is 15.2. The minimum Gasteiger partial charge on any atom is -0.310 e. The molecule has 4 aliphatic rings. The largest absolute Gasteiger partial charge is 0.310 e. The van der Waals surface area contributed by atoms with Crippen molar-refractivity contribution in [2.75, 3.05) is 19.6 Å². The van der Waals surface area contributed by atoms with Crippen LogP contribution in [0.1, 0.15) is 36.4 Å². The number of nitrogens with zero attached hydrogens (tertiary/aromatic N) is 2. The summed E-state index contributed by atoms with van der Waals surface area (Å²) >= 11 is 0. The van der Waals surface area contributed by atoms with E-state index in [0.717, 1.165) is 24.8 Å². The van der Waals surface area contributed by atoms with Crippen LogP contribution < -0.4 is 5.56 Å². The number of rotatable bonds is 1. The van der Waals surface area contributed by atoms with Crippen LogP contribution in [-0.4, -0.2) is 29.1 Å². The lowest BCUT2D eigenvalue weighted by atomic mass is 9.83. The number of pyridine rings is 1. The van der Waals surface area contributed by atoms with Crippen molar-refractivity contribution in [3.63, 3.8) is 0 Å². The highest BCUT2D eigenvalue weighted by Crippen LogP contribution is 2.36. The molecule has 3 saturated heterocycles. The van der Waals surface area contributed by atoms with Crippen LogP contribution in [0.5, 0.6) is 0 Å². The molecular weight excluding hydrogens is 308 g/mol. The predicted molar refractivity (Wildman–Crippen MR) is 95.7 cm³/mol. The van der Waals surface area contributed by atoms with Crippen LogP contribution in [0.2, 0.25) is 0 Å². The molecule has 0 N–H and O–H groups in total. The zero-order valence-corrected chi connectivity index (χ0v) is 14.1. The summed E-state index contributed by atoms with van der Waals surface area (Å²) in [7, 11) is 0. The van der Waals surface area contributed by atoms with E-state index in [9.17, 15) is 4.79 Å². The van der Waals surface area contributed by atoms with Gasteiger partial charge in [0, 0.05) is 18.1 Å². The van der Waals surface area contributed by atoms with Crippen molar-refractivity contribution in [1.82, 2.24) is 9.47 Å². The van der Waals surface area contributed by atoms with Crippen molar-refractivity contribution in [3.8, 4) is 0 Å². The number of hydrogen-bond donors (Lipinski definition) is 0. The Morgan fingerprint density at radius 1 is 1.04 bits per heavy atom. The zero-order valence-electron chi connectivity index (χ0n) is 13.3. The van der Waals surface area contributed by atoms with Gasteiger partial charge in [0.1, 0.15) is 0 Å². The molecule has 1 aromatic heterocycles. The molecule has 3 fully saturated rings. The lowest BCUT2D eigenvalue weighted by Gasteiger charge is -2.45. The van der Waals surface area contributed by atoms with E-state index in [1.807, 2.05) is 6.07 Å². The molecule has 2 bridgehead atoms. The third-order valence-corrected chi connectivity index (χ3v) is 6.10. The summed E-state index contributed by atoms with van der Waals surface area (Å²) in [5.41, 5.74) is 3.01. The van der Waals surface area contributed by atoms with Gasteiger partial charge in [0.05, 0.1) is 6.04 Å². The summed E-state index contributed by atoms with van der Waals surface area (Å²) in [5, 5.41) is 2.21. The third-order valence-electron chi connectivity index (χ3n) is 6.10. The van der Waals surface area contributed by atoms with E-state index in [1.165, 1.54) is 48.9 Å². The summed E-state index contributed by atoms with van der Waals surface area (Å²) < 4.78 is 2.10. The number of hydrogen-bond acceptors (Lipinski definition) is 2. The fraction of sp³-hybridized carbons (Fsp3) is 0.526. The van der Waals surface area contributed by atoms with E-state index in [4.69, 9.17) is 0 Å². The summed E-state index contributed by atoms with van der Waals surface area (Å²) in [6.07, 6.45) is 8.17. The van der Waals surface area contributed by atoms with Crippen LogP contribution in [0.3, 0.4) is 0 Å². The van der Waals surface area contributed by atoms with Gasteiger partial charge in [-0.3, -0.25) is 4.79 Å². The van der Waals surface area contributed by atoms with E-state index in [0.29, 0.717) is 12.0 Å². The van der Waals surface area contributed by atoms with E-state index < -0.39 is 0 Å². The number of benzene rings is 1. The minimum atomic E-state index is 0. The van der Waals surface area contributed by atoms with Gasteiger partial charge in [-0.1, -0.05) is 12.1 Å². The number of aromatic nitrogens is 1. The van der Waals surface area contributed by atoms with Crippen LogP contribution in [-0.2, 0) is 12.8 Å². The van der Waals surface area contributed by atoms with E-state index in [1.54, 1.807) is 0 Å². The fourth-order valence-electron chi connectivity index (χ4n) is 4.95. The maximum absolute atomic E-state index is 13.1. The molecule has 3 aliphatic heterocycles. The highest BCUT2D eigenvalue weighted by molar-refractivity contribution is 5.88. The Morgan fingerprint density at radius 2 is 1.83 bits per heavy atom. The van der Waals surface area contributed by atoms with Crippen molar-refractivity contribution in [1.29, 1.82) is 0 Å². The molecule has 3 nitrogen and oxygen atoms in total. The predicted octanol–water partition coefficient (Wildman–Crippen LogP) is 3.18. The maximum atomic E-state index is 13.1. The second-order valence-corrected chi connectivity index (χ2v) is 7.27. The summed E-state index contributed by atoms with van der Waals surface area (Å²) in [4.78, 5) is 15.6. The van der Waals surface area contributed by atoms with Crippen LogP contribution in [0.25, 0.3) is 10.8 Å². The van der Waals surface area contributed by atoms with Crippen LogP contribution in [0, 0.1) is 5.92 Å². The Kier molecular flexibility index (Phi) is 3.73. The Balaban J connectivity index is 0.00000135. The molecule has 2 aromatic rings. The molecule has 1 atom stereocenters. The van der Waals surface area contributed by atoms with Gasteiger partial charge in [-0.2, -0.15) is 0 Å². The lowest BCUT2D eigenvalue weighted by Crippen LogP contribution is -2.50. The number of piperidine rings is 3. The highest BCUT2D eigenvalue weighted by Gasteiger charge is 2.36. The van der Waals surface area contributed by atoms with Crippen molar-refractivity contribution >= 4 is 23.2 Å². The Labute approximate surface area is 142 Å². The highest BCUT2D eigenvalue weighted by atomic mass is 35.5. The van der Waals surface area contributed by atoms with Crippen molar-refractivity contribution in [2.45, 2.75) is 38.1 Å². The molecule has 0 spiro atoms. The van der Waals surface area contributed by atoms with Gasteiger partial charge in [0.15, 0.2) is 0 Å². The van der Waals surface area contributed by atoms with E-state index in [2.05, 4.69) is 27.8 Å². The molecular formula is C19H23ClN2O. The lowest BCUT2D eigenvalue weighted by molar-refractivity contribution is 0.0555. The molecule has 23 heavy (non-hydrogen) atoms. The molecule has 122 valence electrons. The monoisotopic (exact) mass is 330 g/mol. The number of aryl methyl sites for hydroxylation is 2. The minimum absolute atomic E-state index is 0. The maximum Gasteiger partial charge on any atom is 0.258 e. The van der Waals surface area contributed by atoms with Gasteiger partial charge >= 0.3 is 0 Å². The second kappa shape index (κ2) is 5.64. The first-order chi connectivity index (χ1) is 10.8. The van der Waals surface area contributed by atoms with Gasteiger partial charge in [0.2, 0.25) is 0 Å². The second-order valence-electron chi connectivity index (χ2n) is 7.27. The van der Waals surface area contributed by atoms with Crippen molar-refractivity contribution in [3.05, 3.63) is 45.9 Å². The summed E-state index contributed by atoms with van der Waals surface area (Å²) in [6, 6.07) is 6.69. The summed E-state index contributed by atoms with van der Waals surface area (Å²) in [6.45, 7) is 3.51. The molecule has 1 aromatic carbocycles. The number of fused-ring (bicyclic) bond motifs is 3. The summed E-state index contributed by atoms with van der Waals surface area (Å²) in [5.74, 6) is 0.694. The molecule has 4 heterocycles. The van der Waals surface area contributed by atoms with E-state index in [-0.39, 0.29) is 18.0 Å². The van der Waals surface area contributed by atoms with E-state index >= 15 is 0 Å². The average Bonchev–Trinajstić information content (AvgIpc) is 2.59. The van der Waals surface area contributed by atoms with Gasteiger partial charge < -0.3 is 9.47 Å². The standard InChI is InChI=1S/C19H22N2O.ClH/c22-19-16-6-2-4-14-3-1-5-15(18(14)16)11-21(19)17-12-20-9-7-13(17)8-10-20;/h2,4,6,11,13,17H,1,3,5,7-10,12H2;1H/t17-;/m1./s1. The molecule has 1 aliphatic carbocycles. The zero-order chi connectivity index (χ0) is 14.7. The van der Waals surface area contributed by atoms with Gasteiger partial charge in [-0.25, -0.2) is 0 Å². The van der Waals surface area contributed by atoms with Gasteiger partial charge in [0.25, 0.3) is 5.56 Å². The van der Waals surface area contributed by atoms with Crippen LogP contribution >= 0.6 is 12.4 Å². The first-order valence-corrected chi connectivity index (χ1v) is 8.69. The normalized spacial score (nSPS) is 28.6. The van der Waals surface area contributed by atoms with Crippen LogP contribution in [0.15, 0.2) is 29.2 Å². The van der Waals surface area contributed by atoms with Crippen molar-refractivity contribution < 1.29 is 0 Å². The number of halogens is 1. The smallest absolute Gasteiger partial charge is 0.258 e. The van der Waals surface area contributed by atoms with Crippen molar-refractivity contribution in [2.24, 2.45) is 5.92 Å². The molecule has 0 radical (unpaired) electrons. The molecule has 0 unspecified atom stereocenters.